The molecule has 3 aromatic heterocycles. The number of pyridine rings is 2. The third-order valence-electron chi connectivity index (χ3n) is 4.26. The Labute approximate surface area is 180 Å². The van der Waals surface area contributed by atoms with Gasteiger partial charge in [-0.25, -0.2) is 9.97 Å². The summed E-state index contributed by atoms with van der Waals surface area (Å²) in [5.74, 6) is -0.592. The highest BCUT2D eigenvalue weighted by atomic mass is 35.5. The van der Waals surface area contributed by atoms with Crippen LogP contribution in [-0.4, -0.2) is 44.4 Å². The number of aryl methyl sites for hydroxylation is 1. The van der Waals surface area contributed by atoms with Gasteiger partial charge in [-0.05, 0) is 24.6 Å². The maximum absolute atomic E-state index is 13.3. The topological polar surface area (TPSA) is 105 Å². The van der Waals surface area contributed by atoms with Crippen LogP contribution < -0.4 is 10.6 Å². The van der Waals surface area contributed by atoms with Crippen LogP contribution in [0.15, 0.2) is 36.8 Å². The van der Waals surface area contributed by atoms with Crippen LogP contribution in [-0.2, 0) is 12.7 Å². The summed E-state index contributed by atoms with van der Waals surface area (Å²) >= 11 is 5.77. The van der Waals surface area contributed by atoms with Crippen molar-refractivity contribution in [2.75, 3.05) is 19.0 Å². The van der Waals surface area contributed by atoms with Crippen LogP contribution >= 0.6 is 11.6 Å². The Morgan fingerprint density at radius 1 is 1.26 bits per heavy atom. The highest BCUT2D eigenvalue weighted by Crippen LogP contribution is 2.37. The van der Waals surface area contributed by atoms with Crippen LogP contribution in [0, 0.1) is 0 Å². The molecule has 3 rings (SSSR count). The number of hydrogen-bond donors (Lipinski definition) is 3. The lowest BCUT2D eigenvalue weighted by molar-refractivity contribution is -0.137. The molecule has 0 saturated carbocycles. The zero-order valence-corrected chi connectivity index (χ0v) is 17.0. The number of rotatable bonds is 7. The molecule has 0 aliphatic heterocycles. The molecular formula is C19H18ClF3N6O2. The van der Waals surface area contributed by atoms with Gasteiger partial charge in [0.1, 0.15) is 5.15 Å². The van der Waals surface area contributed by atoms with Gasteiger partial charge in [0.2, 0.25) is 0 Å². The molecular weight excluding hydrogens is 437 g/mol. The minimum Gasteiger partial charge on any atom is -0.396 e. The smallest absolute Gasteiger partial charge is 0.396 e. The largest absolute Gasteiger partial charge is 0.419 e. The lowest BCUT2D eigenvalue weighted by Gasteiger charge is -2.16. The summed E-state index contributed by atoms with van der Waals surface area (Å²) in [5.41, 5.74) is -0.425. The SMILES string of the molecule is CNC(=O)c1nc(-c2cnn(CCCO)c2)ccc1Nc1cc(Cl)ncc1C(F)(F)F. The fourth-order valence-electron chi connectivity index (χ4n) is 2.77. The quantitative estimate of drug-likeness (QED) is 0.472. The summed E-state index contributed by atoms with van der Waals surface area (Å²) < 4.78 is 41.6. The van der Waals surface area contributed by atoms with E-state index in [1.807, 2.05) is 0 Å². The number of aliphatic hydroxyl groups is 1. The van der Waals surface area contributed by atoms with Gasteiger partial charge in [-0.2, -0.15) is 18.3 Å². The van der Waals surface area contributed by atoms with Crippen molar-refractivity contribution in [1.29, 1.82) is 0 Å². The van der Waals surface area contributed by atoms with E-state index < -0.39 is 17.6 Å². The molecule has 3 heterocycles. The van der Waals surface area contributed by atoms with E-state index >= 15 is 0 Å². The van der Waals surface area contributed by atoms with Crippen LogP contribution in [0.1, 0.15) is 22.5 Å². The molecule has 12 heteroatoms. The third kappa shape index (κ3) is 5.30. The number of carbonyl (C=O) groups excluding carboxylic acids is 1. The number of halogens is 4. The number of aromatic nitrogens is 4. The number of carbonyl (C=O) groups is 1. The van der Waals surface area contributed by atoms with Crippen LogP contribution in [0.2, 0.25) is 5.15 Å². The van der Waals surface area contributed by atoms with Gasteiger partial charge in [0.25, 0.3) is 5.91 Å². The molecule has 0 saturated heterocycles. The number of amides is 1. The monoisotopic (exact) mass is 454 g/mol. The molecule has 0 atom stereocenters. The number of alkyl halides is 3. The second-order valence-corrected chi connectivity index (χ2v) is 6.80. The van der Waals surface area contributed by atoms with E-state index in [2.05, 4.69) is 25.7 Å². The first-order valence-electron chi connectivity index (χ1n) is 9.09. The summed E-state index contributed by atoms with van der Waals surface area (Å²) in [4.78, 5) is 20.2. The van der Waals surface area contributed by atoms with Crippen molar-refractivity contribution >= 4 is 28.9 Å². The summed E-state index contributed by atoms with van der Waals surface area (Å²) in [6.07, 6.45) is -0.290. The van der Waals surface area contributed by atoms with Crippen molar-refractivity contribution in [2.24, 2.45) is 0 Å². The summed E-state index contributed by atoms with van der Waals surface area (Å²) in [5, 5.41) is 18.0. The van der Waals surface area contributed by atoms with Gasteiger partial charge >= 0.3 is 6.18 Å². The average molecular weight is 455 g/mol. The van der Waals surface area contributed by atoms with E-state index in [4.69, 9.17) is 16.7 Å². The van der Waals surface area contributed by atoms with E-state index in [1.165, 1.54) is 13.1 Å². The first kappa shape index (κ1) is 22.5. The minimum absolute atomic E-state index is 0.0214. The number of nitrogens with zero attached hydrogens (tertiary/aromatic N) is 4. The van der Waals surface area contributed by atoms with Gasteiger partial charge in [0, 0.05) is 38.2 Å². The molecule has 0 radical (unpaired) electrons. The first-order valence-corrected chi connectivity index (χ1v) is 9.47. The maximum Gasteiger partial charge on any atom is 0.419 e. The van der Waals surface area contributed by atoms with Gasteiger partial charge < -0.3 is 15.7 Å². The van der Waals surface area contributed by atoms with E-state index in [9.17, 15) is 18.0 Å². The van der Waals surface area contributed by atoms with Crippen molar-refractivity contribution in [3.63, 3.8) is 0 Å². The normalized spacial score (nSPS) is 11.4. The lowest BCUT2D eigenvalue weighted by atomic mass is 10.1. The number of aliphatic hydroxyl groups excluding tert-OH is 1. The van der Waals surface area contributed by atoms with E-state index in [0.29, 0.717) is 30.4 Å². The Balaban J connectivity index is 2.00. The minimum atomic E-state index is -4.68. The van der Waals surface area contributed by atoms with Crippen LogP contribution in [0.25, 0.3) is 11.3 Å². The molecule has 0 spiro atoms. The van der Waals surface area contributed by atoms with E-state index in [1.54, 1.807) is 23.1 Å². The molecule has 164 valence electrons. The van der Waals surface area contributed by atoms with Gasteiger partial charge in [-0.15, -0.1) is 0 Å². The molecule has 0 aliphatic carbocycles. The Bertz CT molecular complexity index is 1090. The van der Waals surface area contributed by atoms with E-state index in [0.717, 1.165) is 6.07 Å². The van der Waals surface area contributed by atoms with Crippen molar-refractivity contribution in [3.05, 3.63) is 53.2 Å². The fourth-order valence-corrected chi connectivity index (χ4v) is 2.93. The van der Waals surface area contributed by atoms with Crippen molar-refractivity contribution < 1.29 is 23.1 Å². The first-order chi connectivity index (χ1) is 14.7. The van der Waals surface area contributed by atoms with E-state index in [-0.39, 0.29) is 28.8 Å². The molecule has 0 unspecified atom stereocenters. The van der Waals surface area contributed by atoms with Crippen LogP contribution in [0.3, 0.4) is 0 Å². The molecule has 0 aliphatic rings. The Kier molecular flexibility index (Phi) is 6.76. The van der Waals surface area contributed by atoms with Crippen LogP contribution in [0.4, 0.5) is 24.5 Å². The Morgan fingerprint density at radius 2 is 2.03 bits per heavy atom. The second kappa shape index (κ2) is 9.31. The summed E-state index contributed by atoms with van der Waals surface area (Å²) in [6.45, 7) is 0.523. The Hall–Kier alpha value is -3.18. The van der Waals surface area contributed by atoms with Gasteiger partial charge in [-0.3, -0.25) is 9.48 Å². The zero-order valence-electron chi connectivity index (χ0n) is 16.2. The summed E-state index contributed by atoms with van der Waals surface area (Å²) in [7, 11) is 1.39. The fraction of sp³-hybridized carbons (Fsp3) is 0.263. The van der Waals surface area contributed by atoms with Crippen molar-refractivity contribution in [1.82, 2.24) is 25.1 Å². The standard InChI is InChI=1S/C19H18ClF3N6O2/c1-24-18(31)17-14(27-15-7-16(20)25-9-12(15)19(21,22)23)4-3-13(28-17)11-8-26-29(10-11)5-2-6-30/h3-4,7-10,30H,2,5-6H2,1H3,(H,24,31)(H,25,27). The lowest BCUT2D eigenvalue weighted by Crippen LogP contribution is -2.21. The maximum atomic E-state index is 13.3. The molecule has 0 fully saturated rings. The predicted octanol–water partition coefficient (Wildman–Crippen LogP) is 3.50. The molecule has 0 bridgehead atoms. The molecule has 3 N–H and O–H groups in total. The predicted molar refractivity (Wildman–Crippen MR) is 108 cm³/mol. The average Bonchev–Trinajstić information content (AvgIpc) is 3.20. The second-order valence-electron chi connectivity index (χ2n) is 6.42. The zero-order chi connectivity index (χ0) is 22.6. The Morgan fingerprint density at radius 3 is 2.71 bits per heavy atom. The molecule has 1 amide bonds. The molecule has 31 heavy (non-hydrogen) atoms. The highest BCUT2D eigenvalue weighted by Gasteiger charge is 2.34. The van der Waals surface area contributed by atoms with Crippen molar-refractivity contribution in [2.45, 2.75) is 19.1 Å². The summed E-state index contributed by atoms with van der Waals surface area (Å²) in [6, 6.07) is 4.03. The van der Waals surface area contributed by atoms with Gasteiger partial charge in [0.05, 0.1) is 28.8 Å². The van der Waals surface area contributed by atoms with Crippen LogP contribution in [0.5, 0.6) is 0 Å². The number of hydrogen-bond acceptors (Lipinski definition) is 6. The third-order valence-corrected chi connectivity index (χ3v) is 4.46. The number of anilines is 2. The van der Waals surface area contributed by atoms with Gasteiger partial charge in [-0.1, -0.05) is 11.6 Å². The molecule has 3 aromatic rings. The molecule has 8 nitrogen and oxygen atoms in total. The molecule has 0 aromatic carbocycles. The number of nitrogens with one attached hydrogen (secondary N) is 2. The van der Waals surface area contributed by atoms with Gasteiger partial charge in [0.15, 0.2) is 5.69 Å². The highest BCUT2D eigenvalue weighted by molar-refractivity contribution is 6.29. The van der Waals surface area contributed by atoms with Crippen molar-refractivity contribution in [3.8, 4) is 11.3 Å².